The normalized spacial score (nSPS) is 11.5. The molecule has 72 valence electrons. The molecular weight excluding hydrogens is 192 g/mol. The van der Waals surface area contributed by atoms with Crippen LogP contribution >= 0.6 is 0 Å². The van der Waals surface area contributed by atoms with Gasteiger partial charge in [-0.05, 0) is 12.5 Å². The zero-order valence-corrected chi connectivity index (χ0v) is 8.10. The van der Waals surface area contributed by atoms with Crippen LogP contribution in [0.25, 0.3) is 0 Å². The Bertz CT molecular complexity index is 444. The van der Waals surface area contributed by atoms with Crippen molar-refractivity contribution in [3.05, 3.63) is 17.5 Å². The largest absolute Gasteiger partial charge is 0.364 e. The molecule has 5 nitrogen and oxygen atoms in total. The fourth-order valence-electron chi connectivity index (χ4n) is 1.12. The van der Waals surface area contributed by atoms with Gasteiger partial charge < -0.3 is 10.7 Å². The van der Waals surface area contributed by atoms with Crippen LogP contribution in [0, 0.1) is 6.92 Å². The number of aromatic nitrogens is 1. The fraction of sp³-hybridized carbons (Fsp3) is 0.286. The standard InChI is InChI=1S/C7H10N2O3S/c1-4-5(13(2,11)12)3-9-6(4)7(8)10/h3,9H,1-2H3,(H2,8,10). The Balaban J connectivity index is 3.39. The second-order valence-corrected chi connectivity index (χ2v) is 4.77. The van der Waals surface area contributed by atoms with Crippen molar-refractivity contribution >= 4 is 15.7 Å². The Labute approximate surface area is 75.9 Å². The number of sulfone groups is 1. The fourth-order valence-corrected chi connectivity index (χ4v) is 2.05. The Morgan fingerprint density at radius 2 is 2.08 bits per heavy atom. The predicted octanol–water partition coefficient (Wildman–Crippen LogP) is -0.174. The van der Waals surface area contributed by atoms with Crippen LogP contribution in [0.3, 0.4) is 0 Å². The molecular formula is C7H10N2O3S. The second-order valence-electron chi connectivity index (χ2n) is 2.79. The van der Waals surface area contributed by atoms with Gasteiger partial charge in [0.05, 0.1) is 4.90 Å². The summed E-state index contributed by atoms with van der Waals surface area (Å²) in [6.07, 6.45) is 2.35. The summed E-state index contributed by atoms with van der Waals surface area (Å²) in [5.41, 5.74) is 5.52. The molecule has 1 heterocycles. The zero-order valence-electron chi connectivity index (χ0n) is 7.29. The highest BCUT2D eigenvalue weighted by molar-refractivity contribution is 7.90. The number of carbonyl (C=O) groups is 1. The lowest BCUT2D eigenvalue weighted by atomic mass is 10.3. The van der Waals surface area contributed by atoms with Gasteiger partial charge in [-0.3, -0.25) is 4.79 Å². The Kier molecular flexibility index (Phi) is 2.17. The number of nitrogens with one attached hydrogen (secondary N) is 1. The lowest BCUT2D eigenvalue weighted by Crippen LogP contribution is -2.13. The maximum absolute atomic E-state index is 11.1. The molecule has 1 amide bonds. The highest BCUT2D eigenvalue weighted by atomic mass is 32.2. The van der Waals surface area contributed by atoms with Crippen molar-refractivity contribution in [1.29, 1.82) is 0 Å². The van der Waals surface area contributed by atoms with Gasteiger partial charge >= 0.3 is 0 Å². The van der Waals surface area contributed by atoms with E-state index >= 15 is 0 Å². The summed E-state index contributed by atoms with van der Waals surface area (Å²) >= 11 is 0. The molecule has 0 fully saturated rings. The van der Waals surface area contributed by atoms with Gasteiger partial charge in [0.2, 0.25) is 0 Å². The molecule has 0 saturated heterocycles. The van der Waals surface area contributed by atoms with Crippen molar-refractivity contribution in [2.75, 3.05) is 6.26 Å². The predicted molar refractivity (Wildman–Crippen MR) is 47.2 cm³/mol. The Hall–Kier alpha value is -1.30. The third kappa shape index (κ3) is 1.72. The summed E-state index contributed by atoms with van der Waals surface area (Å²) in [6.45, 7) is 1.53. The number of hydrogen-bond acceptors (Lipinski definition) is 3. The lowest BCUT2D eigenvalue weighted by molar-refractivity contribution is 0.0995. The average Bonchev–Trinajstić information content (AvgIpc) is 2.28. The van der Waals surface area contributed by atoms with Crippen molar-refractivity contribution in [3.8, 4) is 0 Å². The van der Waals surface area contributed by atoms with Crippen LogP contribution in [-0.2, 0) is 9.84 Å². The second kappa shape index (κ2) is 2.88. The van der Waals surface area contributed by atoms with Crippen molar-refractivity contribution < 1.29 is 13.2 Å². The number of nitrogens with two attached hydrogens (primary N) is 1. The van der Waals surface area contributed by atoms with Crippen LogP contribution in [0.5, 0.6) is 0 Å². The number of rotatable bonds is 2. The van der Waals surface area contributed by atoms with Crippen LogP contribution in [0.2, 0.25) is 0 Å². The first-order valence-corrected chi connectivity index (χ1v) is 5.41. The molecule has 3 N–H and O–H groups in total. The Morgan fingerprint density at radius 3 is 2.31 bits per heavy atom. The first-order chi connectivity index (χ1) is 5.84. The topological polar surface area (TPSA) is 93.0 Å². The molecule has 0 saturated carbocycles. The summed E-state index contributed by atoms with van der Waals surface area (Å²) in [7, 11) is -3.29. The molecule has 0 spiro atoms. The quantitative estimate of drug-likeness (QED) is 0.697. The van der Waals surface area contributed by atoms with Gasteiger partial charge in [0.1, 0.15) is 5.69 Å². The molecule has 0 unspecified atom stereocenters. The third-order valence-electron chi connectivity index (χ3n) is 1.74. The summed E-state index contributed by atoms with van der Waals surface area (Å²) in [6, 6.07) is 0. The minimum absolute atomic E-state index is 0.112. The van der Waals surface area contributed by atoms with Gasteiger partial charge in [0.15, 0.2) is 9.84 Å². The first kappa shape index (κ1) is 9.79. The minimum Gasteiger partial charge on any atom is -0.364 e. The van der Waals surface area contributed by atoms with Crippen LogP contribution in [0.15, 0.2) is 11.1 Å². The SMILES string of the molecule is Cc1c(S(C)(=O)=O)c[nH]c1C(N)=O. The maximum Gasteiger partial charge on any atom is 0.265 e. The molecule has 0 aliphatic carbocycles. The van der Waals surface area contributed by atoms with E-state index in [9.17, 15) is 13.2 Å². The van der Waals surface area contributed by atoms with Crippen molar-refractivity contribution in [2.24, 2.45) is 5.73 Å². The van der Waals surface area contributed by atoms with E-state index in [0.29, 0.717) is 5.56 Å². The molecule has 0 bridgehead atoms. The number of carbonyl (C=O) groups excluding carboxylic acids is 1. The molecule has 1 rings (SSSR count). The van der Waals surface area contributed by atoms with E-state index in [0.717, 1.165) is 6.26 Å². The highest BCUT2D eigenvalue weighted by Crippen LogP contribution is 2.17. The summed E-state index contributed by atoms with van der Waals surface area (Å²) in [5.74, 6) is -0.660. The molecule has 13 heavy (non-hydrogen) atoms. The lowest BCUT2D eigenvalue weighted by Gasteiger charge is -1.95. The smallest absolute Gasteiger partial charge is 0.265 e. The monoisotopic (exact) mass is 202 g/mol. The molecule has 0 aliphatic heterocycles. The number of amides is 1. The third-order valence-corrected chi connectivity index (χ3v) is 2.96. The van der Waals surface area contributed by atoms with E-state index in [1.165, 1.54) is 13.1 Å². The number of aromatic amines is 1. The van der Waals surface area contributed by atoms with Gasteiger partial charge in [0.25, 0.3) is 5.91 Å². The zero-order chi connectivity index (χ0) is 10.2. The molecule has 0 aromatic carbocycles. The van der Waals surface area contributed by atoms with Crippen molar-refractivity contribution in [2.45, 2.75) is 11.8 Å². The van der Waals surface area contributed by atoms with E-state index < -0.39 is 15.7 Å². The van der Waals surface area contributed by atoms with E-state index in [2.05, 4.69) is 4.98 Å². The Morgan fingerprint density at radius 1 is 1.54 bits per heavy atom. The number of hydrogen-bond donors (Lipinski definition) is 2. The van der Waals surface area contributed by atoms with E-state index in [-0.39, 0.29) is 10.6 Å². The highest BCUT2D eigenvalue weighted by Gasteiger charge is 2.17. The molecule has 0 atom stereocenters. The molecule has 0 radical (unpaired) electrons. The summed E-state index contributed by atoms with van der Waals surface area (Å²) in [5, 5.41) is 0. The van der Waals surface area contributed by atoms with Crippen LogP contribution < -0.4 is 5.73 Å². The summed E-state index contributed by atoms with van der Waals surface area (Å²) < 4.78 is 22.2. The number of H-pyrrole nitrogens is 1. The molecule has 1 aromatic heterocycles. The van der Waals surface area contributed by atoms with Crippen molar-refractivity contribution in [3.63, 3.8) is 0 Å². The average molecular weight is 202 g/mol. The number of primary amides is 1. The van der Waals surface area contributed by atoms with Crippen LogP contribution in [0.4, 0.5) is 0 Å². The molecule has 1 aromatic rings. The van der Waals surface area contributed by atoms with Gasteiger partial charge in [-0.1, -0.05) is 0 Å². The molecule has 6 heteroatoms. The first-order valence-electron chi connectivity index (χ1n) is 3.52. The van der Waals surface area contributed by atoms with Gasteiger partial charge in [-0.15, -0.1) is 0 Å². The van der Waals surface area contributed by atoms with Gasteiger partial charge in [-0.2, -0.15) is 0 Å². The molecule has 0 aliphatic rings. The van der Waals surface area contributed by atoms with Crippen LogP contribution in [0.1, 0.15) is 16.1 Å². The van der Waals surface area contributed by atoms with Gasteiger partial charge in [0, 0.05) is 12.5 Å². The van der Waals surface area contributed by atoms with E-state index in [1.807, 2.05) is 0 Å². The van der Waals surface area contributed by atoms with E-state index in [4.69, 9.17) is 5.73 Å². The summed E-state index contributed by atoms with van der Waals surface area (Å²) in [4.78, 5) is 13.4. The van der Waals surface area contributed by atoms with E-state index in [1.54, 1.807) is 0 Å². The van der Waals surface area contributed by atoms with Gasteiger partial charge in [-0.25, -0.2) is 8.42 Å². The van der Waals surface area contributed by atoms with Crippen LogP contribution in [-0.4, -0.2) is 25.6 Å². The minimum atomic E-state index is -3.29. The maximum atomic E-state index is 11.1. The van der Waals surface area contributed by atoms with Crippen molar-refractivity contribution in [1.82, 2.24) is 4.98 Å².